The highest BCUT2D eigenvalue weighted by Gasteiger charge is 2.25. The maximum absolute atomic E-state index is 11.8. The zero-order chi connectivity index (χ0) is 14.9. The first kappa shape index (κ1) is 15.3. The Labute approximate surface area is 124 Å². The van der Waals surface area contributed by atoms with Crippen LogP contribution in [0.3, 0.4) is 0 Å². The molecular formula is C15H21ClN2O2. The van der Waals surface area contributed by atoms with E-state index in [0.29, 0.717) is 10.7 Å². The van der Waals surface area contributed by atoms with Gasteiger partial charge in [0.2, 0.25) is 0 Å². The van der Waals surface area contributed by atoms with Crippen LogP contribution < -0.4 is 5.32 Å². The molecule has 2 N–H and O–H groups in total. The minimum atomic E-state index is -1.42. The van der Waals surface area contributed by atoms with Crippen LogP contribution in [0.25, 0.3) is 0 Å². The zero-order valence-corrected chi connectivity index (χ0v) is 12.9. The maximum atomic E-state index is 11.8. The van der Waals surface area contributed by atoms with Crippen LogP contribution in [0.4, 0.5) is 5.69 Å². The number of hydrogen-bond donors (Lipinski definition) is 2. The third kappa shape index (κ3) is 3.51. The van der Waals surface area contributed by atoms with E-state index in [4.69, 9.17) is 11.6 Å². The molecule has 0 saturated carbocycles. The van der Waals surface area contributed by atoms with Gasteiger partial charge in [-0.1, -0.05) is 11.6 Å². The van der Waals surface area contributed by atoms with Crippen LogP contribution in [-0.2, 0) is 17.6 Å². The number of nitrogens with zero attached hydrogens (tertiary/aromatic N) is 1. The van der Waals surface area contributed by atoms with Crippen molar-refractivity contribution in [2.75, 3.05) is 25.5 Å². The summed E-state index contributed by atoms with van der Waals surface area (Å²) in [6.45, 7) is 4.91. The van der Waals surface area contributed by atoms with Crippen LogP contribution in [-0.4, -0.2) is 41.7 Å². The summed E-state index contributed by atoms with van der Waals surface area (Å²) in [5.74, 6) is -0.454. The fourth-order valence-electron chi connectivity index (χ4n) is 2.23. The van der Waals surface area contributed by atoms with Crippen molar-refractivity contribution in [2.45, 2.75) is 32.3 Å². The molecule has 2 rings (SSSR count). The van der Waals surface area contributed by atoms with Crippen molar-refractivity contribution in [2.24, 2.45) is 0 Å². The lowest BCUT2D eigenvalue weighted by Gasteiger charge is -2.18. The molecule has 0 fully saturated rings. The van der Waals surface area contributed by atoms with E-state index in [0.717, 1.165) is 25.9 Å². The number of benzene rings is 1. The van der Waals surface area contributed by atoms with Gasteiger partial charge in [0.05, 0.1) is 10.7 Å². The summed E-state index contributed by atoms with van der Waals surface area (Å²) < 4.78 is 0. The summed E-state index contributed by atoms with van der Waals surface area (Å²) in [6, 6.07) is 3.86. The Kier molecular flexibility index (Phi) is 4.37. The Morgan fingerprint density at radius 3 is 2.40 bits per heavy atom. The Bertz CT molecular complexity index is 523. The number of nitrogens with one attached hydrogen (secondary N) is 1. The second kappa shape index (κ2) is 5.72. The Morgan fingerprint density at radius 2 is 1.85 bits per heavy atom. The molecule has 0 aliphatic carbocycles. The third-order valence-corrected chi connectivity index (χ3v) is 3.93. The van der Waals surface area contributed by atoms with Crippen LogP contribution in [0, 0.1) is 0 Å². The molecule has 0 bridgehead atoms. The van der Waals surface area contributed by atoms with Crippen molar-refractivity contribution in [1.29, 1.82) is 0 Å². The smallest absolute Gasteiger partial charge is 0.255 e. The number of likely N-dealkylation sites (N-methyl/N-ethyl adjacent to an activating group) is 1. The largest absolute Gasteiger partial charge is 0.381 e. The Balaban J connectivity index is 2.26. The first-order chi connectivity index (χ1) is 9.27. The molecule has 1 aliphatic heterocycles. The molecule has 0 spiro atoms. The van der Waals surface area contributed by atoms with Crippen LogP contribution in [0.15, 0.2) is 12.1 Å². The van der Waals surface area contributed by atoms with Gasteiger partial charge in [0.25, 0.3) is 5.91 Å². The minimum Gasteiger partial charge on any atom is -0.381 e. The number of anilines is 1. The lowest BCUT2D eigenvalue weighted by Crippen LogP contribution is -2.36. The van der Waals surface area contributed by atoms with Crippen molar-refractivity contribution in [1.82, 2.24) is 4.90 Å². The first-order valence-corrected chi connectivity index (χ1v) is 7.19. The van der Waals surface area contributed by atoms with Crippen molar-refractivity contribution >= 4 is 23.2 Å². The zero-order valence-electron chi connectivity index (χ0n) is 12.2. The number of carbonyl (C=O) groups excluding carboxylic acids is 1. The molecule has 0 aromatic heterocycles. The van der Waals surface area contributed by atoms with E-state index < -0.39 is 11.5 Å². The van der Waals surface area contributed by atoms with Crippen LogP contribution in [0.1, 0.15) is 25.0 Å². The van der Waals surface area contributed by atoms with Crippen molar-refractivity contribution < 1.29 is 9.90 Å². The van der Waals surface area contributed by atoms with Gasteiger partial charge in [-0.25, -0.2) is 0 Å². The van der Waals surface area contributed by atoms with Gasteiger partial charge in [0, 0.05) is 13.1 Å². The molecule has 0 radical (unpaired) electrons. The molecule has 1 heterocycles. The molecule has 0 unspecified atom stereocenters. The number of hydrogen-bond acceptors (Lipinski definition) is 3. The third-order valence-electron chi connectivity index (χ3n) is 3.62. The van der Waals surface area contributed by atoms with Gasteiger partial charge in [-0.15, -0.1) is 0 Å². The number of fused-ring (bicyclic) bond motifs is 1. The average molecular weight is 297 g/mol. The monoisotopic (exact) mass is 296 g/mol. The maximum Gasteiger partial charge on any atom is 0.255 e. The van der Waals surface area contributed by atoms with Crippen LogP contribution >= 0.6 is 11.6 Å². The van der Waals surface area contributed by atoms with E-state index in [9.17, 15) is 9.90 Å². The Hall–Kier alpha value is -1.10. The second-order valence-electron chi connectivity index (χ2n) is 5.92. The molecule has 0 saturated heterocycles. The fraction of sp³-hybridized carbons (Fsp3) is 0.533. The average Bonchev–Trinajstić information content (AvgIpc) is 2.52. The SMILES string of the molecule is CN1CCc2cc(Cl)c(NC(=O)C(C)(C)O)cc2CC1. The van der Waals surface area contributed by atoms with Gasteiger partial charge < -0.3 is 15.3 Å². The highest BCUT2D eigenvalue weighted by atomic mass is 35.5. The number of amides is 1. The predicted octanol–water partition coefficient (Wildman–Crippen LogP) is 2.08. The predicted molar refractivity (Wildman–Crippen MR) is 81.3 cm³/mol. The number of halogens is 1. The Morgan fingerprint density at radius 1 is 1.30 bits per heavy atom. The van der Waals surface area contributed by atoms with Crippen LogP contribution in [0.2, 0.25) is 5.02 Å². The van der Waals surface area contributed by atoms with Crippen molar-refractivity contribution in [3.05, 3.63) is 28.3 Å². The van der Waals surface area contributed by atoms with Gasteiger partial charge in [-0.05, 0) is 57.0 Å². The molecule has 0 atom stereocenters. The van der Waals surface area contributed by atoms with E-state index in [1.807, 2.05) is 12.1 Å². The highest BCUT2D eigenvalue weighted by Crippen LogP contribution is 2.29. The summed E-state index contributed by atoms with van der Waals surface area (Å²) >= 11 is 6.24. The molecule has 1 aromatic carbocycles. The molecule has 1 aromatic rings. The minimum absolute atomic E-state index is 0.454. The normalized spacial score (nSPS) is 16.4. The molecule has 1 amide bonds. The summed E-state index contributed by atoms with van der Waals surface area (Å²) in [5.41, 5.74) is 1.60. The van der Waals surface area contributed by atoms with E-state index in [2.05, 4.69) is 17.3 Å². The van der Waals surface area contributed by atoms with Gasteiger partial charge in [-0.2, -0.15) is 0 Å². The molecule has 5 heteroatoms. The fourth-order valence-corrected chi connectivity index (χ4v) is 2.46. The van der Waals surface area contributed by atoms with Crippen molar-refractivity contribution in [3.63, 3.8) is 0 Å². The quantitative estimate of drug-likeness (QED) is 0.878. The molecule has 20 heavy (non-hydrogen) atoms. The highest BCUT2D eigenvalue weighted by molar-refractivity contribution is 6.33. The van der Waals surface area contributed by atoms with E-state index in [-0.39, 0.29) is 0 Å². The lowest BCUT2D eigenvalue weighted by atomic mass is 10.0. The summed E-state index contributed by atoms with van der Waals surface area (Å²) in [6.07, 6.45) is 1.90. The van der Waals surface area contributed by atoms with E-state index in [1.165, 1.54) is 25.0 Å². The topological polar surface area (TPSA) is 52.6 Å². The standard InChI is InChI=1S/C15H21ClN2O2/c1-15(2,20)14(19)17-13-9-11-5-7-18(3)6-4-10(11)8-12(13)16/h8-9,20H,4-7H2,1-3H3,(H,17,19). The number of rotatable bonds is 2. The molecule has 1 aliphatic rings. The van der Waals surface area contributed by atoms with Crippen LogP contribution in [0.5, 0.6) is 0 Å². The number of aliphatic hydroxyl groups is 1. The van der Waals surface area contributed by atoms with Gasteiger partial charge in [-0.3, -0.25) is 4.79 Å². The summed E-state index contributed by atoms with van der Waals surface area (Å²) in [4.78, 5) is 14.1. The summed E-state index contributed by atoms with van der Waals surface area (Å²) in [5, 5.41) is 12.9. The number of carbonyl (C=O) groups is 1. The first-order valence-electron chi connectivity index (χ1n) is 6.81. The van der Waals surface area contributed by atoms with Gasteiger partial charge in [0.1, 0.15) is 5.60 Å². The molecular weight excluding hydrogens is 276 g/mol. The second-order valence-corrected chi connectivity index (χ2v) is 6.32. The van der Waals surface area contributed by atoms with E-state index in [1.54, 1.807) is 0 Å². The van der Waals surface area contributed by atoms with E-state index >= 15 is 0 Å². The van der Waals surface area contributed by atoms with Crippen molar-refractivity contribution in [3.8, 4) is 0 Å². The lowest BCUT2D eigenvalue weighted by molar-refractivity contribution is -0.130. The summed E-state index contributed by atoms with van der Waals surface area (Å²) in [7, 11) is 2.10. The van der Waals surface area contributed by atoms with Gasteiger partial charge >= 0.3 is 0 Å². The molecule has 110 valence electrons. The molecule has 4 nitrogen and oxygen atoms in total. The van der Waals surface area contributed by atoms with Gasteiger partial charge in [0.15, 0.2) is 0 Å².